The molecule has 0 aromatic rings. The van der Waals surface area contributed by atoms with E-state index in [1.807, 2.05) is 13.3 Å². The lowest BCUT2D eigenvalue weighted by Crippen LogP contribution is -2.50. The van der Waals surface area contributed by atoms with E-state index >= 15 is 0 Å². The highest BCUT2D eigenvalue weighted by Gasteiger charge is 2.33. The molecule has 116 valence electrons. The molecule has 0 spiro atoms. The first-order valence-corrected chi connectivity index (χ1v) is 8.62. The molecule has 0 aliphatic heterocycles. The van der Waals surface area contributed by atoms with Crippen molar-refractivity contribution >= 4 is 23.6 Å². The minimum Gasteiger partial charge on any atom is -0.480 e. The topological polar surface area (TPSA) is 78.4 Å². The van der Waals surface area contributed by atoms with Gasteiger partial charge in [-0.3, -0.25) is 4.79 Å². The maximum atomic E-state index is 12.1. The van der Waals surface area contributed by atoms with Gasteiger partial charge in [-0.1, -0.05) is 19.3 Å². The van der Waals surface area contributed by atoms with Crippen LogP contribution in [0.1, 0.15) is 44.9 Å². The van der Waals surface area contributed by atoms with Gasteiger partial charge >= 0.3 is 5.97 Å². The number of carboxylic acid groups (broad SMARTS) is 1. The first kappa shape index (κ1) is 17.3. The first-order chi connectivity index (χ1) is 9.53. The van der Waals surface area contributed by atoms with Crippen LogP contribution in [-0.4, -0.2) is 47.6 Å². The zero-order chi connectivity index (χ0) is 15.0. The molecule has 3 N–H and O–H groups in total. The molecule has 1 fully saturated rings. The molecular weight excluding hydrogens is 276 g/mol. The van der Waals surface area contributed by atoms with Gasteiger partial charge < -0.3 is 15.7 Å². The number of carbonyl (C=O) groups is 2. The molecule has 0 bridgehead atoms. The largest absolute Gasteiger partial charge is 0.480 e. The molecule has 1 amide bonds. The Bertz CT molecular complexity index is 330. The van der Waals surface area contributed by atoms with Crippen molar-refractivity contribution in [2.75, 3.05) is 19.1 Å². The van der Waals surface area contributed by atoms with E-state index in [1.54, 1.807) is 11.8 Å². The Hall–Kier alpha value is -0.750. The molecular formula is C14H26N2O3S. The Kier molecular flexibility index (Phi) is 7.37. The molecule has 0 aromatic heterocycles. The fourth-order valence-corrected chi connectivity index (χ4v) is 3.26. The van der Waals surface area contributed by atoms with Crippen molar-refractivity contribution in [2.45, 2.75) is 56.5 Å². The third-order valence-electron chi connectivity index (χ3n) is 4.08. The van der Waals surface area contributed by atoms with E-state index < -0.39 is 12.0 Å². The Labute approximate surface area is 125 Å². The van der Waals surface area contributed by atoms with Gasteiger partial charge in [0.2, 0.25) is 5.91 Å². The van der Waals surface area contributed by atoms with Crippen LogP contribution < -0.4 is 10.6 Å². The summed E-state index contributed by atoms with van der Waals surface area (Å²) in [6.07, 6.45) is 8.21. The Balaban J connectivity index is 2.53. The van der Waals surface area contributed by atoms with Crippen LogP contribution in [0.25, 0.3) is 0 Å². The highest BCUT2D eigenvalue weighted by atomic mass is 32.2. The van der Waals surface area contributed by atoms with E-state index in [0.717, 1.165) is 31.4 Å². The van der Waals surface area contributed by atoms with Crippen LogP contribution in [0.2, 0.25) is 0 Å². The quantitative estimate of drug-likeness (QED) is 0.635. The summed E-state index contributed by atoms with van der Waals surface area (Å²) in [5.41, 5.74) is -0.148. The lowest BCUT2D eigenvalue weighted by atomic mass is 9.79. The van der Waals surface area contributed by atoms with Crippen molar-refractivity contribution in [1.82, 2.24) is 10.6 Å². The van der Waals surface area contributed by atoms with Gasteiger partial charge in [-0.15, -0.1) is 0 Å². The summed E-state index contributed by atoms with van der Waals surface area (Å²) in [6, 6.07) is -0.771. The molecule has 0 heterocycles. The Morgan fingerprint density at radius 3 is 2.45 bits per heavy atom. The van der Waals surface area contributed by atoms with Crippen LogP contribution in [0, 0.1) is 0 Å². The number of carbonyl (C=O) groups excluding carboxylic acids is 1. The molecule has 1 aliphatic carbocycles. The summed E-state index contributed by atoms with van der Waals surface area (Å²) in [7, 11) is 1.89. The highest BCUT2D eigenvalue weighted by Crippen LogP contribution is 2.30. The van der Waals surface area contributed by atoms with E-state index in [0.29, 0.717) is 12.8 Å². The second-order valence-electron chi connectivity index (χ2n) is 5.51. The standard InChI is InChI=1S/C14H26N2O3S/c1-15-14(7-4-3-5-8-14)10-12(17)16-11(13(18)19)6-9-20-2/h11,15H,3-10H2,1-2H3,(H,16,17)(H,18,19). The molecule has 1 rings (SSSR count). The molecule has 0 radical (unpaired) electrons. The van der Waals surface area contributed by atoms with Crippen LogP contribution in [0.4, 0.5) is 0 Å². The number of hydrogen-bond donors (Lipinski definition) is 3. The molecule has 0 aromatic carbocycles. The first-order valence-electron chi connectivity index (χ1n) is 7.23. The number of amides is 1. The van der Waals surface area contributed by atoms with Crippen LogP contribution in [0.5, 0.6) is 0 Å². The van der Waals surface area contributed by atoms with Crippen molar-refractivity contribution in [2.24, 2.45) is 0 Å². The molecule has 6 heteroatoms. The van der Waals surface area contributed by atoms with Gasteiger partial charge in [-0.25, -0.2) is 4.79 Å². The second-order valence-corrected chi connectivity index (χ2v) is 6.49. The van der Waals surface area contributed by atoms with Gasteiger partial charge in [-0.05, 0) is 38.3 Å². The number of rotatable bonds is 8. The zero-order valence-corrected chi connectivity index (χ0v) is 13.2. The van der Waals surface area contributed by atoms with Crippen LogP contribution in [0.3, 0.4) is 0 Å². The normalized spacial score (nSPS) is 19.3. The monoisotopic (exact) mass is 302 g/mol. The summed E-state index contributed by atoms with van der Waals surface area (Å²) in [5.74, 6) is -0.377. The maximum absolute atomic E-state index is 12.1. The maximum Gasteiger partial charge on any atom is 0.326 e. The lowest BCUT2D eigenvalue weighted by molar-refractivity contribution is -0.142. The van der Waals surface area contributed by atoms with E-state index in [2.05, 4.69) is 10.6 Å². The van der Waals surface area contributed by atoms with Crippen LogP contribution in [0.15, 0.2) is 0 Å². The molecule has 0 saturated heterocycles. The summed E-state index contributed by atoms with van der Waals surface area (Å²) in [4.78, 5) is 23.3. The van der Waals surface area contributed by atoms with Crippen LogP contribution >= 0.6 is 11.8 Å². The summed E-state index contributed by atoms with van der Waals surface area (Å²) in [5, 5.41) is 15.1. The van der Waals surface area contributed by atoms with Crippen molar-refractivity contribution in [3.8, 4) is 0 Å². The van der Waals surface area contributed by atoms with E-state index in [-0.39, 0.29) is 11.4 Å². The van der Waals surface area contributed by atoms with Gasteiger partial charge in [0.05, 0.1) is 0 Å². The zero-order valence-electron chi connectivity index (χ0n) is 12.4. The number of carboxylic acids is 1. The number of nitrogens with one attached hydrogen (secondary N) is 2. The van der Waals surface area contributed by atoms with E-state index in [1.165, 1.54) is 6.42 Å². The average molecular weight is 302 g/mol. The van der Waals surface area contributed by atoms with Crippen molar-refractivity contribution in [1.29, 1.82) is 0 Å². The minimum atomic E-state index is -0.949. The molecule has 5 nitrogen and oxygen atoms in total. The third kappa shape index (κ3) is 5.32. The molecule has 1 saturated carbocycles. The van der Waals surface area contributed by atoms with E-state index in [9.17, 15) is 9.59 Å². The smallest absolute Gasteiger partial charge is 0.326 e. The van der Waals surface area contributed by atoms with Crippen molar-refractivity contribution in [3.63, 3.8) is 0 Å². The van der Waals surface area contributed by atoms with E-state index in [4.69, 9.17) is 5.11 Å². The molecule has 1 atom stereocenters. The lowest BCUT2D eigenvalue weighted by Gasteiger charge is -2.37. The van der Waals surface area contributed by atoms with Crippen molar-refractivity contribution < 1.29 is 14.7 Å². The SMILES string of the molecule is CNC1(CC(=O)NC(CCSC)C(=O)O)CCCCC1. The number of hydrogen-bond acceptors (Lipinski definition) is 4. The summed E-state index contributed by atoms with van der Waals surface area (Å²) < 4.78 is 0. The van der Waals surface area contributed by atoms with Gasteiger partial charge in [0.1, 0.15) is 6.04 Å². The molecule has 1 unspecified atom stereocenters. The Morgan fingerprint density at radius 1 is 1.30 bits per heavy atom. The highest BCUT2D eigenvalue weighted by molar-refractivity contribution is 7.98. The summed E-state index contributed by atoms with van der Waals surface area (Å²) >= 11 is 1.59. The fraction of sp³-hybridized carbons (Fsp3) is 0.857. The van der Waals surface area contributed by atoms with Gasteiger partial charge in [0.15, 0.2) is 0 Å². The average Bonchev–Trinajstić information content (AvgIpc) is 2.44. The predicted molar refractivity (Wildman–Crippen MR) is 82.1 cm³/mol. The number of thioether (sulfide) groups is 1. The number of aliphatic carboxylic acids is 1. The van der Waals surface area contributed by atoms with Gasteiger partial charge in [0.25, 0.3) is 0 Å². The third-order valence-corrected chi connectivity index (χ3v) is 4.73. The molecule has 1 aliphatic rings. The minimum absolute atomic E-state index is 0.148. The molecule has 20 heavy (non-hydrogen) atoms. The van der Waals surface area contributed by atoms with Gasteiger partial charge in [-0.2, -0.15) is 11.8 Å². The predicted octanol–water partition coefficient (Wildman–Crippen LogP) is 1.62. The van der Waals surface area contributed by atoms with Crippen molar-refractivity contribution in [3.05, 3.63) is 0 Å². The Morgan fingerprint density at radius 2 is 1.95 bits per heavy atom. The second kappa shape index (κ2) is 8.52. The summed E-state index contributed by atoms with van der Waals surface area (Å²) in [6.45, 7) is 0. The van der Waals surface area contributed by atoms with Gasteiger partial charge in [0, 0.05) is 12.0 Å². The van der Waals surface area contributed by atoms with Crippen LogP contribution in [-0.2, 0) is 9.59 Å². The fourth-order valence-electron chi connectivity index (χ4n) is 2.79.